The van der Waals surface area contributed by atoms with Crippen molar-refractivity contribution in [3.63, 3.8) is 0 Å². The fourth-order valence-corrected chi connectivity index (χ4v) is 2.80. The second-order valence-electron chi connectivity index (χ2n) is 6.75. The van der Waals surface area contributed by atoms with Crippen LogP contribution in [0.15, 0.2) is 0 Å². The molecule has 0 aromatic rings. The van der Waals surface area contributed by atoms with E-state index >= 15 is 0 Å². The number of carbonyl (C=O) groups excluding carboxylic acids is 2. The van der Waals surface area contributed by atoms with Crippen molar-refractivity contribution in [3.8, 4) is 0 Å². The Kier molecular flexibility index (Phi) is 5.61. The van der Waals surface area contributed by atoms with Crippen LogP contribution in [0.25, 0.3) is 0 Å². The summed E-state index contributed by atoms with van der Waals surface area (Å²) >= 11 is 0. The third kappa shape index (κ3) is 4.09. The first kappa shape index (κ1) is 17.8. The molecule has 0 aromatic carbocycles. The first-order valence-corrected chi connectivity index (χ1v) is 7.36. The Morgan fingerprint density at radius 1 is 1.38 bits per heavy atom. The maximum atomic E-state index is 12.4. The van der Waals surface area contributed by atoms with E-state index in [1.165, 1.54) is 12.0 Å². The van der Waals surface area contributed by atoms with Crippen molar-refractivity contribution in [1.29, 1.82) is 0 Å². The van der Waals surface area contributed by atoms with E-state index in [1.54, 1.807) is 20.8 Å². The van der Waals surface area contributed by atoms with Crippen molar-refractivity contribution in [1.82, 2.24) is 4.90 Å². The number of nitrogens with zero attached hydrogens (tertiary/aromatic N) is 1. The van der Waals surface area contributed by atoms with Gasteiger partial charge in [-0.15, -0.1) is 0 Å². The molecule has 0 bridgehead atoms. The quantitative estimate of drug-likeness (QED) is 0.803. The number of methoxy groups -OCH3 is 1. The summed E-state index contributed by atoms with van der Waals surface area (Å²) in [5.41, 5.74) is -1.65. The topological polar surface area (TPSA) is 76.1 Å². The van der Waals surface area contributed by atoms with Crippen molar-refractivity contribution in [2.24, 2.45) is 5.92 Å². The molecule has 6 heteroatoms. The molecule has 1 saturated heterocycles. The Labute approximate surface area is 126 Å². The van der Waals surface area contributed by atoms with E-state index in [1.807, 2.05) is 6.92 Å². The zero-order valence-electron chi connectivity index (χ0n) is 13.6. The van der Waals surface area contributed by atoms with E-state index in [4.69, 9.17) is 9.47 Å². The predicted octanol–water partition coefficient (Wildman–Crippen LogP) is 1.95. The Morgan fingerprint density at radius 2 is 2.00 bits per heavy atom. The lowest BCUT2D eigenvalue weighted by atomic mass is 9.86. The predicted molar refractivity (Wildman–Crippen MR) is 77.8 cm³/mol. The van der Waals surface area contributed by atoms with Gasteiger partial charge in [0.05, 0.1) is 7.11 Å². The molecule has 0 aliphatic carbocycles. The molecule has 1 fully saturated rings. The van der Waals surface area contributed by atoms with Gasteiger partial charge in [-0.05, 0) is 46.0 Å². The minimum atomic E-state index is -1.03. The molecule has 2 atom stereocenters. The van der Waals surface area contributed by atoms with Crippen molar-refractivity contribution in [3.05, 3.63) is 0 Å². The number of aliphatic hydroxyl groups excluding tert-OH is 1. The van der Waals surface area contributed by atoms with E-state index in [0.29, 0.717) is 25.8 Å². The van der Waals surface area contributed by atoms with Gasteiger partial charge in [-0.2, -0.15) is 0 Å². The van der Waals surface area contributed by atoms with E-state index in [-0.39, 0.29) is 12.5 Å². The molecule has 0 spiro atoms. The van der Waals surface area contributed by atoms with E-state index < -0.39 is 23.2 Å². The number of amides is 1. The summed E-state index contributed by atoms with van der Waals surface area (Å²) in [6.45, 7) is 7.63. The Morgan fingerprint density at radius 3 is 2.48 bits per heavy atom. The number of aliphatic hydroxyl groups is 1. The molecule has 122 valence electrons. The summed E-state index contributed by atoms with van der Waals surface area (Å²) in [6, 6.07) is 0. The van der Waals surface area contributed by atoms with Crippen molar-refractivity contribution >= 4 is 12.1 Å². The summed E-state index contributed by atoms with van der Waals surface area (Å²) < 4.78 is 10.3. The molecule has 1 aliphatic rings. The minimum Gasteiger partial charge on any atom is -0.467 e. The molecule has 1 rings (SSSR count). The van der Waals surface area contributed by atoms with E-state index in [2.05, 4.69) is 0 Å². The number of carbonyl (C=O) groups is 2. The van der Waals surface area contributed by atoms with Crippen LogP contribution in [0.5, 0.6) is 0 Å². The zero-order chi connectivity index (χ0) is 16.3. The first-order chi connectivity index (χ1) is 9.66. The minimum absolute atomic E-state index is 0.0408. The molecular formula is C15H27NO5. The number of ether oxygens (including phenoxy) is 2. The maximum Gasteiger partial charge on any atom is 0.411 e. The second-order valence-corrected chi connectivity index (χ2v) is 6.75. The molecule has 1 N–H and O–H groups in total. The van der Waals surface area contributed by atoms with E-state index in [9.17, 15) is 14.7 Å². The third-order valence-corrected chi connectivity index (χ3v) is 3.67. The summed E-state index contributed by atoms with van der Waals surface area (Å²) in [5, 5.41) is 9.29. The summed E-state index contributed by atoms with van der Waals surface area (Å²) in [5.74, 6) is -0.543. The van der Waals surface area contributed by atoms with Gasteiger partial charge in [0, 0.05) is 13.2 Å². The monoisotopic (exact) mass is 301 g/mol. The summed E-state index contributed by atoms with van der Waals surface area (Å²) in [4.78, 5) is 26.2. The van der Waals surface area contributed by atoms with Crippen molar-refractivity contribution in [2.45, 2.75) is 58.1 Å². The Hall–Kier alpha value is -1.30. The number of esters is 1. The highest BCUT2D eigenvalue weighted by atomic mass is 16.6. The van der Waals surface area contributed by atoms with Gasteiger partial charge < -0.3 is 14.6 Å². The maximum absolute atomic E-state index is 12.4. The van der Waals surface area contributed by atoms with E-state index in [0.717, 1.165) is 0 Å². The van der Waals surface area contributed by atoms with Crippen LogP contribution >= 0.6 is 0 Å². The molecule has 1 heterocycles. The van der Waals surface area contributed by atoms with Crippen LogP contribution in [0.3, 0.4) is 0 Å². The molecule has 0 radical (unpaired) electrons. The smallest absolute Gasteiger partial charge is 0.411 e. The highest BCUT2D eigenvalue weighted by molar-refractivity contribution is 5.86. The lowest BCUT2D eigenvalue weighted by Gasteiger charge is -2.38. The average Bonchev–Trinajstić information content (AvgIpc) is 2.80. The number of likely N-dealkylation sites (tertiary alicyclic amines) is 1. The summed E-state index contributed by atoms with van der Waals surface area (Å²) in [6.07, 6.45) is 1.11. The molecule has 21 heavy (non-hydrogen) atoms. The van der Waals surface area contributed by atoms with Crippen LogP contribution < -0.4 is 0 Å². The lowest BCUT2D eigenvalue weighted by Crippen LogP contribution is -2.55. The Balaban J connectivity index is 3.04. The first-order valence-electron chi connectivity index (χ1n) is 7.36. The molecule has 1 aliphatic heterocycles. The molecule has 0 aromatic heterocycles. The highest BCUT2D eigenvalue weighted by Crippen LogP contribution is 2.37. The molecule has 6 nitrogen and oxygen atoms in total. The van der Waals surface area contributed by atoms with Crippen molar-refractivity contribution in [2.75, 3.05) is 20.3 Å². The number of hydrogen-bond acceptors (Lipinski definition) is 5. The SMILES string of the molecule is COC(=O)C1(CC(C)CO)CCCN1C(=O)OC(C)(C)C. The molecule has 1 amide bonds. The fourth-order valence-electron chi connectivity index (χ4n) is 2.80. The van der Waals surface area contributed by atoms with Crippen LogP contribution in [0, 0.1) is 5.92 Å². The molecule has 0 saturated carbocycles. The second kappa shape index (κ2) is 6.64. The van der Waals surface area contributed by atoms with Gasteiger partial charge in [0.25, 0.3) is 0 Å². The van der Waals surface area contributed by atoms with Gasteiger partial charge in [0.15, 0.2) is 0 Å². The van der Waals surface area contributed by atoms with Gasteiger partial charge in [-0.25, -0.2) is 9.59 Å². The normalized spacial score (nSPS) is 23.8. The van der Waals surface area contributed by atoms with Gasteiger partial charge in [0.2, 0.25) is 0 Å². The fraction of sp³-hybridized carbons (Fsp3) is 0.867. The highest BCUT2D eigenvalue weighted by Gasteiger charge is 2.52. The standard InChI is InChI=1S/C15H27NO5/c1-11(10-17)9-15(12(18)20-5)7-6-8-16(15)13(19)21-14(2,3)4/h11,17H,6-10H2,1-5H3. The molecule has 2 unspecified atom stereocenters. The van der Waals surface area contributed by atoms with Gasteiger partial charge in [-0.3, -0.25) is 4.90 Å². The van der Waals surface area contributed by atoms with Crippen LogP contribution in [0.2, 0.25) is 0 Å². The van der Waals surface area contributed by atoms with Crippen molar-refractivity contribution < 1.29 is 24.2 Å². The zero-order valence-corrected chi connectivity index (χ0v) is 13.6. The number of hydrogen-bond donors (Lipinski definition) is 1. The largest absolute Gasteiger partial charge is 0.467 e. The lowest BCUT2D eigenvalue weighted by molar-refractivity contribution is -0.154. The summed E-state index contributed by atoms with van der Waals surface area (Å²) in [7, 11) is 1.32. The van der Waals surface area contributed by atoms with Crippen LogP contribution in [-0.2, 0) is 14.3 Å². The Bertz CT molecular complexity index is 390. The van der Waals surface area contributed by atoms with Gasteiger partial charge >= 0.3 is 12.1 Å². The third-order valence-electron chi connectivity index (χ3n) is 3.67. The average molecular weight is 301 g/mol. The van der Waals surface area contributed by atoms with Gasteiger partial charge in [0.1, 0.15) is 11.1 Å². The van der Waals surface area contributed by atoms with Crippen LogP contribution in [0.4, 0.5) is 4.79 Å². The van der Waals surface area contributed by atoms with Crippen LogP contribution in [-0.4, -0.2) is 53.5 Å². The van der Waals surface area contributed by atoms with Gasteiger partial charge in [-0.1, -0.05) is 6.92 Å². The molecular weight excluding hydrogens is 274 g/mol. The van der Waals surface area contributed by atoms with Crippen LogP contribution in [0.1, 0.15) is 47.0 Å². The number of rotatable bonds is 4.